The van der Waals surface area contributed by atoms with Gasteiger partial charge in [-0.25, -0.2) is 9.97 Å². The molecule has 8 heteroatoms. The average Bonchev–Trinajstić information content (AvgIpc) is 2.90. The van der Waals surface area contributed by atoms with Crippen molar-refractivity contribution in [1.82, 2.24) is 14.9 Å². The number of nitrogens with one attached hydrogen (secondary N) is 1. The molecule has 0 saturated carbocycles. The van der Waals surface area contributed by atoms with Crippen molar-refractivity contribution in [3.05, 3.63) is 83.6 Å². The second-order valence-electron chi connectivity index (χ2n) is 8.19. The number of amides is 1. The number of nitrogens with zero attached hydrogens (tertiary/aromatic N) is 3. The molecule has 1 N–H and O–H groups in total. The Bertz CT molecular complexity index is 1470. The maximum absolute atomic E-state index is 11.7. The first-order chi connectivity index (χ1) is 17.5. The Labute approximate surface area is 214 Å². The van der Waals surface area contributed by atoms with Gasteiger partial charge in [0, 0.05) is 24.5 Å². The van der Waals surface area contributed by atoms with Crippen molar-refractivity contribution in [2.45, 2.75) is 13.0 Å². The predicted molar refractivity (Wildman–Crippen MR) is 140 cm³/mol. The van der Waals surface area contributed by atoms with Crippen molar-refractivity contribution in [2.75, 3.05) is 25.0 Å². The van der Waals surface area contributed by atoms with Crippen LogP contribution < -0.4 is 10.1 Å². The molecule has 1 aliphatic heterocycles. The van der Waals surface area contributed by atoms with E-state index >= 15 is 0 Å². The van der Waals surface area contributed by atoms with Crippen molar-refractivity contribution in [3.8, 4) is 23.3 Å². The average molecular weight is 499 g/mol. The van der Waals surface area contributed by atoms with Crippen LogP contribution in [-0.2, 0) is 9.53 Å². The van der Waals surface area contributed by atoms with Crippen molar-refractivity contribution in [1.29, 1.82) is 0 Å². The Morgan fingerprint density at radius 1 is 1.11 bits per heavy atom. The molecular weight excluding hydrogens is 476 g/mol. The highest BCUT2D eigenvalue weighted by Gasteiger charge is 2.20. The molecule has 180 valence electrons. The quantitative estimate of drug-likeness (QED) is 0.379. The lowest BCUT2D eigenvalue weighted by Gasteiger charge is -2.29. The summed E-state index contributed by atoms with van der Waals surface area (Å²) >= 11 is 6.50. The third-order valence-corrected chi connectivity index (χ3v) is 5.92. The highest BCUT2D eigenvalue weighted by molar-refractivity contribution is 6.32. The number of benzene rings is 3. The molecule has 5 rings (SSSR count). The summed E-state index contributed by atoms with van der Waals surface area (Å²) in [5.74, 6) is 8.31. The van der Waals surface area contributed by atoms with E-state index in [4.69, 9.17) is 21.1 Å². The molecule has 0 bridgehead atoms. The summed E-state index contributed by atoms with van der Waals surface area (Å²) in [6.07, 6.45) is -0.384. The highest BCUT2D eigenvalue weighted by atomic mass is 35.5. The fraction of sp³-hybridized carbons (Fsp3) is 0.179. The molecular formula is C28H23ClN4O3. The van der Waals surface area contributed by atoms with Crippen LogP contribution in [0.3, 0.4) is 0 Å². The van der Waals surface area contributed by atoms with Crippen LogP contribution in [0, 0.1) is 11.8 Å². The first-order valence-electron chi connectivity index (χ1n) is 11.5. The van der Waals surface area contributed by atoms with Crippen LogP contribution in [0.4, 0.5) is 11.5 Å². The number of halogens is 1. The van der Waals surface area contributed by atoms with E-state index in [0.717, 1.165) is 16.6 Å². The van der Waals surface area contributed by atoms with Gasteiger partial charge in [0.1, 0.15) is 23.4 Å². The Balaban J connectivity index is 1.40. The Morgan fingerprint density at radius 2 is 1.92 bits per heavy atom. The molecule has 1 unspecified atom stereocenters. The predicted octanol–water partition coefficient (Wildman–Crippen LogP) is 5.42. The van der Waals surface area contributed by atoms with Crippen LogP contribution in [0.25, 0.3) is 10.9 Å². The summed E-state index contributed by atoms with van der Waals surface area (Å²) in [6, 6.07) is 22.6. The van der Waals surface area contributed by atoms with Gasteiger partial charge in [-0.1, -0.05) is 47.9 Å². The minimum Gasteiger partial charge on any atom is -0.456 e. The molecule has 1 aromatic heterocycles. The Hall–Kier alpha value is -4.12. The normalized spacial score (nSPS) is 15.2. The van der Waals surface area contributed by atoms with Crippen LogP contribution in [0.2, 0.25) is 5.02 Å². The Kier molecular flexibility index (Phi) is 6.99. The number of ether oxygens (including phenoxy) is 2. The first-order valence-corrected chi connectivity index (χ1v) is 11.9. The molecule has 1 atom stereocenters. The number of morpholine rings is 1. The van der Waals surface area contributed by atoms with Crippen LogP contribution >= 0.6 is 11.6 Å². The fourth-order valence-electron chi connectivity index (χ4n) is 3.81. The monoisotopic (exact) mass is 498 g/mol. The molecule has 1 amide bonds. The lowest BCUT2D eigenvalue weighted by molar-refractivity contribution is -0.134. The number of carbonyl (C=O) groups is 1. The largest absolute Gasteiger partial charge is 0.456 e. The van der Waals surface area contributed by atoms with Gasteiger partial charge < -0.3 is 19.7 Å². The maximum atomic E-state index is 11.7. The van der Waals surface area contributed by atoms with Gasteiger partial charge in [-0.3, -0.25) is 4.79 Å². The minimum atomic E-state index is -0.384. The summed E-state index contributed by atoms with van der Waals surface area (Å²) < 4.78 is 11.6. The Morgan fingerprint density at radius 3 is 2.72 bits per heavy atom. The van der Waals surface area contributed by atoms with Gasteiger partial charge in [0.05, 0.1) is 23.7 Å². The lowest BCUT2D eigenvalue weighted by atomic mass is 10.2. The summed E-state index contributed by atoms with van der Waals surface area (Å²) in [4.78, 5) is 22.7. The smallest absolute Gasteiger partial charge is 0.219 e. The standard InChI is InChI=1S/C28H23ClN4O3/c1-19(34)33-15-16-35-22(18-33)12-14-27-31-25-10-6-5-9-23(25)28(32-27)30-20-11-13-26(24(29)17-20)36-21-7-3-2-4-8-21/h2-11,13,17,22H,15-16,18H2,1H3,(H,30,31,32). The van der Waals surface area contributed by atoms with Gasteiger partial charge in [0.2, 0.25) is 11.7 Å². The number of aromatic nitrogens is 2. The number of hydrogen-bond acceptors (Lipinski definition) is 6. The molecule has 0 aliphatic carbocycles. The highest BCUT2D eigenvalue weighted by Crippen LogP contribution is 2.33. The van der Waals surface area contributed by atoms with E-state index in [0.29, 0.717) is 47.9 Å². The van der Waals surface area contributed by atoms with E-state index in [9.17, 15) is 4.79 Å². The van der Waals surface area contributed by atoms with Crippen molar-refractivity contribution in [3.63, 3.8) is 0 Å². The number of hydrogen-bond donors (Lipinski definition) is 1. The van der Waals surface area contributed by atoms with Crippen LogP contribution in [0.15, 0.2) is 72.8 Å². The van der Waals surface area contributed by atoms with Gasteiger partial charge >= 0.3 is 0 Å². The molecule has 2 heterocycles. The zero-order valence-corrected chi connectivity index (χ0v) is 20.3. The molecule has 3 aromatic carbocycles. The second-order valence-corrected chi connectivity index (χ2v) is 8.60. The minimum absolute atomic E-state index is 0.0115. The van der Waals surface area contributed by atoms with Gasteiger partial charge in [0.15, 0.2) is 0 Å². The van der Waals surface area contributed by atoms with Gasteiger partial charge in [0.25, 0.3) is 0 Å². The van der Waals surface area contributed by atoms with Gasteiger partial charge in [-0.2, -0.15) is 0 Å². The van der Waals surface area contributed by atoms with E-state index < -0.39 is 0 Å². The third-order valence-electron chi connectivity index (χ3n) is 5.63. The first kappa shape index (κ1) is 23.6. The number of para-hydroxylation sites is 2. The zero-order valence-electron chi connectivity index (χ0n) is 19.6. The van der Waals surface area contributed by atoms with E-state index in [1.165, 1.54) is 0 Å². The number of anilines is 2. The number of fused-ring (bicyclic) bond motifs is 1. The molecule has 1 aliphatic rings. The molecule has 7 nitrogen and oxygen atoms in total. The van der Waals surface area contributed by atoms with Gasteiger partial charge in [-0.05, 0) is 48.4 Å². The lowest BCUT2D eigenvalue weighted by Crippen LogP contribution is -2.44. The van der Waals surface area contributed by atoms with Crippen LogP contribution in [0.5, 0.6) is 11.5 Å². The number of carbonyl (C=O) groups excluding carboxylic acids is 1. The van der Waals surface area contributed by atoms with Crippen molar-refractivity contribution in [2.24, 2.45) is 0 Å². The summed E-state index contributed by atoms with van der Waals surface area (Å²) in [5.41, 5.74) is 1.50. The van der Waals surface area contributed by atoms with E-state index in [1.807, 2.05) is 66.7 Å². The molecule has 36 heavy (non-hydrogen) atoms. The molecule has 0 radical (unpaired) electrons. The van der Waals surface area contributed by atoms with Crippen LogP contribution in [0.1, 0.15) is 12.7 Å². The van der Waals surface area contributed by atoms with Crippen molar-refractivity contribution >= 4 is 39.9 Å². The van der Waals surface area contributed by atoms with E-state index in [2.05, 4.69) is 27.1 Å². The molecule has 4 aromatic rings. The zero-order chi connectivity index (χ0) is 24.9. The molecule has 1 saturated heterocycles. The topological polar surface area (TPSA) is 76.6 Å². The maximum Gasteiger partial charge on any atom is 0.219 e. The summed E-state index contributed by atoms with van der Waals surface area (Å²) in [5, 5.41) is 4.65. The summed E-state index contributed by atoms with van der Waals surface area (Å²) in [7, 11) is 0. The second kappa shape index (κ2) is 10.6. The number of rotatable bonds is 4. The van der Waals surface area contributed by atoms with E-state index in [-0.39, 0.29) is 12.0 Å². The summed E-state index contributed by atoms with van der Waals surface area (Å²) in [6.45, 7) is 3.00. The molecule has 0 spiro atoms. The third kappa shape index (κ3) is 5.57. The van der Waals surface area contributed by atoms with Gasteiger partial charge in [-0.15, -0.1) is 0 Å². The fourth-order valence-corrected chi connectivity index (χ4v) is 4.03. The SMILES string of the molecule is CC(=O)N1CCOC(C#Cc2nc(Nc3ccc(Oc4ccccc4)c(Cl)c3)c3ccccc3n2)C1. The molecule has 1 fully saturated rings. The van der Waals surface area contributed by atoms with Crippen molar-refractivity contribution < 1.29 is 14.3 Å². The van der Waals surface area contributed by atoms with E-state index in [1.54, 1.807) is 17.9 Å². The van der Waals surface area contributed by atoms with Crippen LogP contribution in [-0.4, -0.2) is 46.6 Å².